The molecule has 1 N–H and O–H groups in total. The van der Waals surface area contributed by atoms with Crippen molar-refractivity contribution in [1.29, 1.82) is 0 Å². The minimum atomic E-state index is 0.510. The zero-order chi connectivity index (χ0) is 15.0. The molecule has 1 rings (SSSR count). The highest BCUT2D eigenvalue weighted by Gasteiger charge is 2.13. The van der Waals surface area contributed by atoms with Crippen LogP contribution in [-0.4, -0.2) is 23.6 Å². The van der Waals surface area contributed by atoms with E-state index in [0.717, 1.165) is 25.3 Å². The maximum absolute atomic E-state index is 4.66. The fraction of sp³-hybridized carbons (Fsp3) is 0.706. The van der Waals surface area contributed by atoms with Crippen molar-refractivity contribution in [1.82, 2.24) is 10.3 Å². The Labute approximate surface area is 124 Å². The highest BCUT2D eigenvalue weighted by Crippen LogP contribution is 2.17. The number of aromatic nitrogens is 1. The molecule has 0 aliphatic rings. The molecular formula is C17H31N3. The number of rotatable bonds is 9. The van der Waals surface area contributed by atoms with Gasteiger partial charge in [0.05, 0.1) is 0 Å². The summed E-state index contributed by atoms with van der Waals surface area (Å²) in [5.41, 5.74) is 1.25. The molecule has 0 aliphatic heterocycles. The first-order valence-corrected chi connectivity index (χ1v) is 8.03. The maximum atomic E-state index is 4.66. The second kappa shape index (κ2) is 8.96. The smallest absolute Gasteiger partial charge is 0.128 e. The summed E-state index contributed by atoms with van der Waals surface area (Å²) in [5, 5.41) is 3.43. The summed E-state index contributed by atoms with van der Waals surface area (Å²) in [6, 6.07) is 5.42. The molecule has 0 amide bonds. The third-order valence-corrected chi connectivity index (χ3v) is 3.69. The summed E-state index contributed by atoms with van der Waals surface area (Å²) < 4.78 is 0. The molecule has 114 valence electrons. The van der Waals surface area contributed by atoms with Gasteiger partial charge in [-0.05, 0) is 31.4 Å². The number of anilines is 1. The van der Waals surface area contributed by atoms with E-state index in [1.165, 1.54) is 18.4 Å². The van der Waals surface area contributed by atoms with E-state index >= 15 is 0 Å². The molecule has 3 heteroatoms. The molecule has 1 heterocycles. The Morgan fingerprint density at radius 1 is 1.20 bits per heavy atom. The highest BCUT2D eigenvalue weighted by atomic mass is 15.2. The third kappa shape index (κ3) is 5.49. The Morgan fingerprint density at radius 2 is 1.95 bits per heavy atom. The van der Waals surface area contributed by atoms with Gasteiger partial charge in [0.15, 0.2) is 0 Å². The lowest BCUT2D eigenvalue weighted by atomic mass is 10.2. The van der Waals surface area contributed by atoms with E-state index in [-0.39, 0.29) is 0 Å². The minimum Gasteiger partial charge on any atom is -0.354 e. The van der Waals surface area contributed by atoms with Gasteiger partial charge in [-0.2, -0.15) is 0 Å². The molecule has 3 nitrogen and oxygen atoms in total. The molecule has 1 aromatic rings. The fourth-order valence-electron chi connectivity index (χ4n) is 2.12. The first-order chi connectivity index (χ1) is 9.58. The first-order valence-electron chi connectivity index (χ1n) is 8.03. The van der Waals surface area contributed by atoms with Crippen LogP contribution in [-0.2, 0) is 6.54 Å². The predicted octanol–water partition coefficient (Wildman–Crippen LogP) is 3.98. The lowest BCUT2D eigenvalue weighted by Gasteiger charge is -2.29. The van der Waals surface area contributed by atoms with Crippen molar-refractivity contribution in [2.75, 3.05) is 11.4 Å². The lowest BCUT2D eigenvalue weighted by Crippen LogP contribution is -2.34. The maximum Gasteiger partial charge on any atom is 0.128 e. The van der Waals surface area contributed by atoms with Gasteiger partial charge < -0.3 is 10.2 Å². The SMILES string of the molecule is CCCCN(c1ccc(CNC(C)C)cn1)C(C)CC. The van der Waals surface area contributed by atoms with Gasteiger partial charge in [-0.1, -0.05) is 40.2 Å². The number of hydrogen-bond acceptors (Lipinski definition) is 3. The van der Waals surface area contributed by atoms with Crippen LogP contribution < -0.4 is 10.2 Å². The van der Waals surface area contributed by atoms with Gasteiger partial charge in [-0.15, -0.1) is 0 Å². The summed E-state index contributed by atoms with van der Waals surface area (Å²) in [6.45, 7) is 13.1. The van der Waals surface area contributed by atoms with Crippen LogP contribution in [0.25, 0.3) is 0 Å². The van der Waals surface area contributed by atoms with Crippen molar-refractivity contribution in [2.24, 2.45) is 0 Å². The van der Waals surface area contributed by atoms with Crippen molar-refractivity contribution in [2.45, 2.75) is 72.5 Å². The summed E-state index contributed by atoms with van der Waals surface area (Å²) >= 11 is 0. The molecule has 0 aliphatic carbocycles. The molecule has 20 heavy (non-hydrogen) atoms. The molecule has 0 bridgehead atoms. The number of unbranched alkanes of at least 4 members (excludes halogenated alkanes) is 1. The van der Waals surface area contributed by atoms with E-state index in [2.05, 4.69) is 62.0 Å². The zero-order valence-corrected chi connectivity index (χ0v) is 13.8. The summed E-state index contributed by atoms with van der Waals surface area (Å²) in [5.74, 6) is 1.11. The van der Waals surface area contributed by atoms with Crippen LogP contribution in [0.2, 0.25) is 0 Å². The van der Waals surface area contributed by atoms with E-state index in [1.807, 2.05) is 6.20 Å². The van der Waals surface area contributed by atoms with Crippen molar-refractivity contribution < 1.29 is 0 Å². The van der Waals surface area contributed by atoms with Crippen molar-refractivity contribution in [3.63, 3.8) is 0 Å². The van der Waals surface area contributed by atoms with E-state index in [9.17, 15) is 0 Å². The Morgan fingerprint density at radius 3 is 2.45 bits per heavy atom. The van der Waals surface area contributed by atoms with Gasteiger partial charge in [0.2, 0.25) is 0 Å². The van der Waals surface area contributed by atoms with Crippen LogP contribution in [0.5, 0.6) is 0 Å². The van der Waals surface area contributed by atoms with E-state index in [4.69, 9.17) is 0 Å². The van der Waals surface area contributed by atoms with Crippen LogP contribution in [0, 0.1) is 0 Å². The molecule has 0 fully saturated rings. The molecule has 0 aromatic carbocycles. The Hall–Kier alpha value is -1.09. The molecule has 1 atom stereocenters. The second-order valence-electron chi connectivity index (χ2n) is 5.86. The Kier molecular flexibility index (Phi) is 7.60. The molecule has 0 spiro atoms. The van der Waals surface area contributed by atoms with Gasteiger partial charge in [0, 0.05) is 31.4 Å². The van der Waals surface area contributed by atoms with E-state index < -0.39 is 0 Å². The normalized spacial score (nSPS) is 12.7. The first kappa shape index (κ1) is 17.0. The number of pyridine rings is 1. The number of nitrogens with one attached hydrogen (secondary N) is 1. The van der Waals surface area contributed by atoms with E-state index in [1.54, 1.807) is 0 Å². The Bertz CT molecular complexity index is 359. The molecule has 0 radical (unpaired) electrons. The van der Waals surface area contributed by atoms with Gasteiger partial charge >= 0.3 is 0 Å². The van der Waals surface area contributed by atoms with Crippen LogP contribution in [0.3, 0.4) is 0 Å². The van der Waals surface area contributed by atoms with Gasteiger partial charge in [-0.3, -0.25) is 0 Å². The quantitative estimate of drug-likeness (QED) is 0.740. The van der Waals surface area contributed by atoms with Crippen molar-refractivity contribution in [3.8, 4) is 0 Å². The second-order valence-corrected chi connectivity index (χ2v) is 5.86. The molecule has 0 saturated heterocycles. The van der Waals surface area contributed by atoms with Gasteiger partial charge in [0.1, 0.15) is 5.82 Å². The average molecular weight is 277 g/mol. The standard InChI is InChI=1S/C17H31N3/c1-6-8-11-20(15(5)7-2)17-10-9-16(13-19-17)12-18-14(3)4/h9-10,13-15,18H,6-8,11-12H2,1-5H3. The summed E-state index contributed by atoms with van der Waals surface area (Å²) in [7, 11) is 0. The predicted molar refractivity (Wildman–Crippen MR) is 88.2 cm³/mol. The lowest BCUT2D eigenvalue weighted by molar-refractivity contribution is 0.582. The van der Waals surface area contributed by atoms with E-state index in [0.29, 0.717) is 12.1 Å². The average Bonchev–Trinajstić information content (AvgIpc) is 2.46. The highest BCUT2D eigenvalue weighted by molar-refractivity contribution is 5.40. The number of nitrogens with zero attached hydrogens (tertiary/aromatic N) is 2. The van der Waals surface area contributed by atoms with Crippen molar-refractivity contribution >= 4 is 5.82 Å². The topological polar surface area (TPSA) is 28.2 Å². The van der Waals surface area contributed by atoms with Gasteiger partial charge in [-0.25, -0.2) is 4.98 Å². The zero-order valence-electron chi connectivity index (χ0n) is 13.8. The number of hydrogen-bond donors (Lipinski definition) is 1. The molecular weight excluding hydrogens is 246 g/mol. The fourth-order valence-corrected chi connectivity index (χ4v) is 2.12. The largest absolute Gasteiger partial charge is 0.354 e. The third-order valence-electron chi connectivity index (χ3n) is 3.69. The van der Waals surface area contributed by atoms with Crippen LogP contribution in [0.15, 0.2) is 18.3 Å². The van der Waals surface area contributed by atoms with Crippen LogP contribution in [0.1, 0.15) is 59.4 Å². The minimum absolute atomic E-state index is 0.510. The van der Waals surface area contributed by atoms with Crippen molar-refractivity contribution in [3.05, 3.63) is 23.9 Å². The molecule has 1 aromatic heterocycles. The summed E-state index contributed by atoms with van der Waals surface area (Å²) in [6.07, 6.45) is 5.61. The molecule has 0 saturated carbocycles. The Balaban J connectivity index is 2.71. The van der Waals surface area contributed by atoms with Crippen LogP contribution >= 0.6 is 0 Å². The summed E-state index contributed by atoms with van der Waals surface area (Å²) in [4.78, 5) is 7.10. The molecule has 1 unspecified atom stereocenters. The monoisotopic (exact) mass is 277 g/mol. The van der Waals surface area contributed by atoms with Crippen LogP contribution in [0.4, 0.5) is 5.82 Å². The van der Waals surface area contributed by atoms with Gasteiger partial charge in [0.25, 0.3) is 0 Å².